The van der Waals surface area contributed by atoms with E-state index in [1.165, 1.54) is 4.68 Å². The highest BCUT2D eigenvalue weighted by molar-refractivity contribution is 9.10. The minimum atomic E-state index is -0.445. The van der Waals surface area contributed by atoms with Crippen molar-refractivity contribution in [2.45, 2.75) is 6.92 Å². The molecule has 1 N–H and O–H groups in total. The standard InChI is InChI=1S/C10H8BrN3O2/c1-6-9(13-16)10(15)14(12-6)8-5-3-2-4-7(8)11/h2-5,12H,1H3. The lowest BCUT2D eigenvalue weighted by Crippen LogP contribution is -2.14. The van der Waals surface area contributed by atoms with E-state index in [2.05, 4.69) is 26.2 Å². The van der Waals surface area contributed by atoms with Crippen molar-refractivity contribution in [1.29, 1.82) is 0 Å². The molecule has 0 saturated carbocycles. The Morgan fingerprint density at radius 1 is 1.38 bits per heavy atom. The van der Waals surface area contributed by atoms with E-state index in [1.807, 2.05) is 12.1 Å². The number of aromatic nitrogens is 2. The van der Waals surface area contributed by atoms with E-state index in [9.17, 15) is 9.70 Å². The van der Waals surface area contributed by atoms with Gasteiger partial charge in [0.25, 0.3) is 0 Å². The highest BCUT2D eigenvalue weighted by Crippen LogP contribution is 2.20. The van der Waals surface area contributed by atoms with Crippen molar-refractivity contribution < 1.29 is 0 Å². The number of rotatable bonds is 2. The zero-order chi connectivity index (χ0) is 11.7. The fraction of sp³-hybridized carbons (Fsp3) is 0.100. The molecule has 0 saturated heterocycles. The van der Waals surface area contributed by atoms with Crippen LogP contribution in [0.5, 0.6) is 0 Å². The number of nitrogens with one attached hydrogen (secondary N) is 1. The fourth-order valence-corrected chi connectivity index (χ4v) is 1.91. The van der Waals surface area contributed by atoms with E-state index in [0.717, 1.165) is 4.47 Å². The van der Waals surface area contributed by atoms with Crippen molar-refractivity contribution in [2.24, 2.45) is 5.18 Å². The summed E-state index contributed by atoms with van der Waals surface area (Å²) < 4.78 is 2.05. The number of aryl methyl sites for hydroxylation is 1. The first-order valence-corrected chi connectivity index (χ1v) is 5.34. The van der Waals surface area contributed by atoms with E-state index < -0.39 is 5.56 Å². The molecule has 0 aliphatic rings. The third kappa shape index (κ3) is 1.61. The fourth-order valence-electron chi connectivity index (χ4n) is 1.45. The van der Waals surface area contributed by atoms with Gasteiger partial charge in [-0.05, 0) is 40.2 Å². The molecule has 16 heavy (non-hydrogen) atoms. The highest BCUT2D eigenvalue weighted by atomic mass is 79.9. The molecule has 0 unspecified atom stereocenters. The number of nitroso groups, excluding NO2 is 1. The minimum absolute atomic E-state index is 0.0873. The zero-order valence-electron chi connectivity index (χ0n) is 8.40. The average molecular weight is 282 g/mol. The van der Waals surface area contributed by atoms with Crippen LogP contribution in [0.15, 0.2) is 38.7 Å². The number of benzene rings is 1. The average Bonchev–Trinajstić information content (AvgIpc) is 2.55. The molecule has 1 heterocycles. The van der Waals surface area contributed by atoms with E-state index in [0.29, 0.717) is 11.4 Å². The van der Waals surface area contributed by atoms with Gasteiger partial charge in [0, 0.05) is 4.47 Å². The van der Waals surface area contributed by atoms with Crippen LogP contribution in [0.1, 0.15) is 5.69 Å². The maximum Gasteiger partial charge on any atom is 0.301 e. The molecule has 0 aliphatic heterocycles. The van der Waals surface area contributed by atoms with Crippen LogP contribution in [0.25, 0.3) is 5.69 Å². The first-order valence-electron chi connectivity index (χ1n) is 4.55. The number of hydrogen-bond donors (Lipinski definition) is 1. The number of hydrogen-bond acceptors (Lipinski definition) is 3. The topological polar surface area (TPSA) is 67.2 Å². The van der Waals surface area contributed by atoms with Crippen molar-refractivity contribution in [1.82, 2.24) is 9.78 Å². The van der Waals surface area contributed by atoms with Crippen molar-refractivity contribution in [3.05, 3.63) is 49.7 Å². The van der Waals surface area contributed by atoms with Gasteiger partial charge >= 0.3 is 5.56 Å². The van der Waals surface area contributed by atoms with E-state index in [1.54, 1.807) is 19.1 Å². The maximum absolute atomic E-state index is 11.8. The van der Waals surface area contributed by atoms with Gasteiger partial charge in [-0.1, -0.05) is 12.1 Å². The summed E-state index contributed by atoms with van der Waals surface area (Å²) in [5.41, 5.74) is 0.566. The second-order valence-electron chi connectivity index (χ2n) is 3.27. The van der Waals surface area contributed by atoms with Crippen molar-refractivity contribution >= 4 is 21.6 Å². The third-order valence-corrected chi connectivity index (χ3v) is 2.90. The van der Waals surface area contributed by atoms with Gasteiger partial charge in [-0.15, -0.1) is 4.91 Å². The molecule has 0 aliphatic carbocycles. The Bertz CT molecular complexity index is 600. The quantitative estimate of drug-likeness (QED) is 0.860. The monoisotopic (exact) mass is 281 g/mol. The predicted octanol–water partition coefficient (Wildman–Crippen LogP) is 2.63. The van der Waals surface area contributed by atoms with Crippen LogP contribution in [0.3, 0.4) is 0 Å². The predicted molar refractivity (Wildman–Crippen MR) is 64.3 cm³/mol. The van der Waals surface area contributed by atoms with Crippen LogP contribution in [0, 0.1) is 11.8 Å². The molecule has 0 fully saturated rings. The van der Waals surface area contributed by atoms with Crippen LogP contribution in [0.2, 0.25) is 0 Å². The normalized spacial score (nSPS) is 10.4. The second kappa shape index (κ2) is 4.05. The summed E-state index contributed by atoms with van der Waals surface area (Å²) in [6.45, 7) is 1.63. The van der Waals surface area contributed by atoms with Gasteiger partial charge in [0.05, 0.1) is 11.4 Å². The molecule has 0 atom stereocenters. The van der Waals surface area contributed by atoms with Crippen LogP contribution in [-0.2, 0) is 0 Å². The van der Waals surface area contributed by atoms with Gasteiger partial charge < -0.3 is 0 Å². The highest BCUT2D eigenvalue weighted by Gasteiger charge is 2.13. The zero-order valence-corrected chi connectivity index (χ0v) is 9.98. The first kappa shape index (κ1) is 10.8. The van der Waals surface area contributed by atoms with Gasteiger partial charge in [0.15, 0.2) is 5.69 Å². The van der Waals surface area contributed by atoms with Crippen molar-refractivity contribution in [3.8, 4) is 5.69 Å². The first-order chi connectivity index (χ1) is 7.65. The van der Waals surface area contributed by atoms with Gasteiger partial charge in [0.2, 0.25) is 0 Å². The third-order valence-electron chi connectivity index (χ3n) is 2.23. The second-order valence-corrected chi connectivity index (χ2v) is 4.12. The number of aromatic amines is 1. The minimum Gasteiger partial charge on any atom is -0.293 e. The van der Waals surface area contributed by atoms with Crippen molar-refractivity contribution in [3.63, 3.8) is 0 Å². The van der Waals surface area contributed by atoms with E-state index >= 15 is 0 Å². The summed E-state index contributed by atoms with van der Waals surface area (Å²) in [4.78, 5) is 22.3. The van der Waals surface area contributed by atoms with E-state index in [4.69, 9.17) is 0 Å². The van der Waals surface area contributed by atoms with Gasteiger partial charge in [-0.3, -0.25) is 9.89 Å². The maximum atomic E-state index is 11.8. The van der Waals surface area contributed by atoms with Crippen molar-refractivity contribution in [2.75, 3.05) is 0 Å². The Kier molecular flexibility index (Phi) is 2.74. The molecule has 0 bridgehead atoms. The lowest BCUT2D eigenvalue weighted by molar-refractivity contribution is 0.831. The summed E-state index contributed by atoms with van der Waals surface area (Å²) in [5.74, 6) is 0. The molecule has 0 radical (unpaired) electrons. The summed E-state index contributed by atoms with van der Waals surface area (Å²) in [7, 11) is 0. The summed E-state index contributed by atoms with van der Waals surface area (Å²) in [5, 5.41) is 5.52. The summed E-state index contributed by atoms with van der Waals surface area (Å²) >= 11 is 3.33. The van der Waals surface area contributed by atoms with Gasteiger partial charge in [-0.25, -0.2) is 4.68 Å². The van der Waals surface area contributed by atoms with E-state index in [-0.39, 0.29) is 5.69 Å². The molecule has 2 aromatic rings. The van der Waals surface area contributed by atoms with Gasteiger partial charge in [-0.2, -0.15) is 0 Å². The molecule has 1 aromatic carbocycles. The molecule has 0 spiro atoms. The summed E-state index contributed by atoms with van der Waals surface area (Å²) in [6.07, 6.45) is 0. The largest absolute Gasteiger partial charge is 0.301 e. The SMILES string of the molecule is Cc1[nH]n(-c2ccccc2Br)c(=O)c1N=O. The Morgan fingerprint density at radius 2 is 2.06 bits per heavy atom. The Labute approximate surface area is 99.2 Å². The van der Waals surface area contributed by atoms with Crippen LogP contribution < -0.4 is 5.56 Å². The van der Waals surface area contributed by atoms with Crippen LogP contribution in [0.4, 0.5) is 5.69 Å². The molecule has 0 amide bonds. The number of para-hydroxylation sites is 1. The molecule has 2 rings (SSSR count). The molecular formula is C10H8BrN3O2. The molecule has 5 nitrogen and oxygen atoms in total. The van der Waals surface area contributed by atoms with Gasteiger partial charge in [0.1, 0.15) is 0 Å². The molecule has 1 aromatic heterocycles. The van der Waals surface area contributed by atoms with Crippen LogP contribution in [-0.4, -0.2) is 9.78 Å². The van der Waals surface area contributed by atoms with Crippen LogP contribution >= 0.6 is 15.9 Å². The molecule has 6 heteroatoms. The molecule has 82 valence electrons. The Balaban J connectivity index is 2.71. The Morgan fingerprint density at radius 3 is 2.62 bits per heavy atom. The molecular weight excluding hydrogens is 274 g/mol. The lowest BCUT2D eigenvalue weighted by atomic mass is 10.3. The lowest BCUT2D eigenvalue weighted by Gasteiger charge is -2.03. The Hall–Kier alpha value is -1.69. The number of nitrogens with zero attached hydrogens (tertiary/aromatic N) is 2. The number of halogens is 1. The number of H-pyrrole nitrogens is 1. The smallest absolute Gasteiger partial charge is 0.293 e. The summed E-state index contributed by atoms with van der Waals surface area (Å²) in [6, 6.07) is 7.21.